The molecule has 12 heteroatoms. The van der Waals surface area contributed by atoms with Gasteiger partial charge in [0.15, 0.2) is 5.78 Å². The molecule has 0 N–H and O–H groups in total. The van der Waals surface area contributed by atoms with Crippen molar-refractivity contribution >= 4 is 67.7 Å². The number of thiazole rings is 1. The molecule has 9 nitrogen and oxygen atoms in total. The van der Waals surface area contributed by atoms with Gasteiger partial charge in [-0.3, -0.25) is 14.9 Å². The topological polar surface area (TPSA) is 126 Å². The van der Waals surface area contributed by atoms with E-state index in [1.165, 1.54) is 14.2 Å². The number of esters is 2. The predicted octanol–water partition coefficient (Wildman–Crippen LogP) is 7.34. The van der Waals surface area contributed by atoms with Crippen molar-refractivity contribution in [3.63, 3.8) is 0 Å². The van der Waals surface area contributed by atoms with Crippen LogP contribution in [0.15, 0.2) is 66.0 Å². The third kappa shape index (κ3) is 8.88. The second-order valence-electron chi connectivity index (χ2n) is 8.82. The second-order valence-corrected chi connectivity index (χ2v) is 10.3. The molecule has 1 heterocycles. The van der Waals surface area contributed by atoms with Gasteiger partial charge in [-0.05, 0) is 55.3 Å². The Kier molecular flexibility index (Phi) is 13.2. The summed E-state index contributed by atoms with van der Waals surface area (Å²) in [5.41, 5.74) is 5.97. The minimum absolute atomic E-state index is 0. The summed E-state index contributed by atoms with van der Waals surface area (Å²) >= 11 is 4.61. The number of alkyl halides is 1. The van der Waals surface area contributed by atoms with Crippen molar-refractivity contribution in [1.82, 2.24) is 4.98 Å². The first-order valence-electron chi connectivity index (χ1n) is 12.2. The van der Waals surface area contributed by atoms with Gasteiger partial charge in [-0.2, -0.15) is 0 Å². The van der Waals surface area contributed by atoms with E-state index >= 15 is 0 Å². The molecular formula is C30H28Br2N2O7S. The molecule has 4 rings (SSSR count). The molecular weight excluding hydrogens is 692 g/mol. The number of aryl methyl sites for hydroxylation is 2. The Morgan fingerprint density at radius 2 is 1.40 bits per heavy atom. The van der Waals surface area contributed by atoms with E-state index in [1.54, 1.807) is 60.7 Å². The molecule has 42 heavy (non-hydrogen) atoms. The maximum atomic E-state index is 11.5. The molecule has 0 bridgehead atoms. The fourth-order valence-electron chi connectivity index (χ4n) is 3.82. The number of nitro benzene ring substituents is 1. The van der Waals surface area contributed by atoms with E-state index in [4.69, 9.17) is 4.74 Å². The first kappa shape index (κ1) is 34.5. The van der Waals surface area contributed by atoms with Gasteiger partial charge in [0.05, 0.1) is 46.3 Å². The van der Waals surface area contributed by atoms with Gasteiger partial charge in [0.2, 0.25) is 0 Å². The number of Topliss-reactive ketones (excluding diaryl/α,β-unsaturated/α-hetero) is 1. The molecule has 0 fully saturated rings. The van der Waals surface area contributed by atoms with Gasteiger partial charge in [0, 0.05) is 34.6 Å². The predicted molar refractivity (Wildman–Crippen MR) is 170 cm³/mol. The lowest BCUT2D eigenvalue weighted by Gasteiger charge is -2.06. The van der Waals surface area contributed by atoms with E-state index < -0.39 is 5.97 Å². The minimum Gasteiger partial charge on any atom is -0.465 e. The van der Waals surface area contributed by atoms with Crippen LogP contribution in [0.1, 0.15) is 52.8 Å². The van der Waals surface area contributed by atoms with Crippen LogP contribution in [0.3, 0.4) is 0 Å². The molecule has 0 aliphatic heterocycles. The number of nitro groups is 1. The maximum absolute atomic E-state index is 11.5. The number of hydrogen-bond donors (Lipinski definition) is 0. The van der Waals surface area contributed by atoms with E-state index in [0.29, 0.717) is 28.7 Å². The van der Waals surface area contributed by atoms with Crippen LogP contribution in [0.5, 0.6) is 0 Å². The van der Waals surface area contributed by atoms with Crippen LogP contribution < -0.4 is 0 Å². The summed E-state index contributed by atoms with van der Waals surface area (Å²) in [7, 11) is 2.67. The van der Waals surface area contributed by atoms with E-state index in [1.807, 2.05) is 30.5 Å². The summed E-state index contributed by atoms with van der Waals surface area (Å²) in [6.45, 7) is 3.62. The highest BCUT2D eigenvalue weighted by Gasteiger charge is 2.15. The standard InChI is InChI=1S/C20H18N2O4S.C10H9BrO3.BrH/c1-12-9-18(22(24)25)13(2)8-16(12)10-19-21-17(11-27-19)14-4-6-15(7-5-14)20(23)26-3;1-14-10(13)8-4-2-7(3-5-8)9(12)6-11;/h4-9,11H,10H2,1-3H3;2-5H,6H2,1H3;1H. The zero-order valence-corrected chi connectivity index (χ0v) is 27.3. The maximum Gasteiger partial charge on any atom is 0.337 e. The molecule has 0 amide bonds. The molecule has 220 valence electrons. The Labute approximate surface area is 265 Å². The summed E-state index contributed by atoms with van der Waals surface area (Å²) in [6, 6.07) is 16.9. The van der Waals surface area contributed by atoms with Gasteiger partial charge in [-0.25, -0.2) is 14.6 Å². The minimum atomic E-state index is -0.400. The quantitative estimate of drug-likeness (QED) is 0.0609. The van der Waals surface area contributed by atoms with Crippen LogP contribution in [-0.2, 0) is 15.9 Å². The SMILES string of the molecule is Br.COC(=O)c1ccc(-c2csc(Cc3cc(C)c([N+](=O)[O-])cc3C)n2)cc1.COC(=O)c1ccc(C(=O)CBr)cc1. The molecule has 0 radical (unpaired) electrons. The summed E-state index contributed by atoms with van der Waals surface area (Å²) in [4.78, 5) is 49.1. The van der Waals surface area contributed by atoms with Gasteiger partial charge in [-0.15, -0.1) is 28.3 Å². The van der Waals surface area contributed by atoms with Crippen LogP contribution in [0.4, 0.5) is 5.69 Å². The average molecular weight is 720 g/mol. The third-order valence-corrected chi connectivity index (χ3v) is 7.45. The molecule has 0 aliphatic carbocycles. The monoisotopic (exact) mass is 718 g/mol. The highest BCUT2D eigenvalue weighted by atomic mass is 79.9. The number of benzene rings is 3. The van der Waals surface area contributed by atoms with Gasteiger partial charge in [-0.1, -0.05) is 40.2 Å². The molecule has 0 spiro atoms. The largest absolute Gasteiger partial charge is 0.465 e. The number of rotatable bonds is 8. The lowest BCUT2D eigenvalue weighted by atomic mass is 10.0. The van der Waals surface area contributed by atoms with Crippen LogP contribution in [-0.4, -0.2) is 47.2 Å². The first-order chi connectivity index (χ1) is 19.6. The lowest BCUT2D eigenvalue weighted by Crippen LogP contribution is -2.03. The van der Waals surface area contributed by atoms with Crippen molar-refractivity contribution < 1.29 is 28.8 Å². The number of nitrogens with zero attached hydrogens (tertiary/aromatic N) is 2. The van der Waals surface area contributed by atoms with Gasteiger partial charge >= 0.3 is 11.9 Å². The molecule has 3 aromatic carbocycles. The summed E-state index contributed by atoms with van der Waals surface area (Å²) in [5.74, 6) is -0.784. The average Bonchev–Trinajstić information content (AvgIpc) is 3.46. The van der Waals surface area contributed by atoms with Crippen LogP contribution in [0, 0.1) is 24.0 Å². The number of halogens is 2. The Morgan fingerprint density at radius 3 is 1.90 bits per heavy atom. The van der Waals surface area contributed by atoms with Gasteiger partial charge in [0.25, 0.3) is 5.69 Å². The third-order valence-electron chi connectivity index (χ3n) is 6.10. The smallest absolute Gasteiger partial charge is 0.337 e. The lowest BCUT2D eigenvalue weighted by molar-refractivity contribution is -0.385. The van der Waals surface area contributed by atoms with Crippen molar-refractivity contribution in [2.45, 2.75) is 20.3 Å². The normalized spacial score (nSPS) is 10.0. The molecule has 0 atom stereocenters. The Bertz CT molecular complexity index is 1530. The number of ether oxygens (including phenoxy) is 2. The van der Waals surface area contributed by atoms with E-state index in [2.05, 4.69) is 25.7 Å². The van der Waals surface area contributed by atoms with E-state index in [0.717, 1.165) is 27.4 Å². The number of methoxy groups -OCH3 is 2. The van der Waals surface area contributed by atoms with Crippen molar-refractivity contribution in [1.29, 1.82) is 0 Å². The zero-order valence-electron chi connectivity index (χ0n) is 23.2. The Balaban J connectivity index is 0.000000349. The number of carbonyl (C=O) groups is 3. The van der Waals surface area contributed by atoms with Crippen molar-refractivity contribution in [3.05, 3.63) is 115 Å². The second kappa shape index (κ2) is 16.0. The van der Waals surface area contributed by atoms with Crippen molar-refractivity contribution in [2.24, 2.45) is 0 Å². The number of carbonyl (C=O) groups excluding carboxylic acids is 3. The molecule has 0 unspecified atom stereocenters. The fraction of sp³-hybridized carbons (Fsp3) is 0.200. The number of hydrogen-bond acceptors (Lipinski definition) is 9. The molecule has 1 aromatic heterocycles. The summed E-state index contributed by atoms with van der Waals surface area (Å²) < 4.78 is 9.23. The molecule has 0 saturated carbocycles. The summed E-state index contributed by atoms with van der Waals surface area (Å²) in [6.07, 6.45) is 0.621. The zero-order chi connectivity index (χ0) is 30.1. The Morgan fingerprint density at radius 1 is 0.881 bits per heavy atom. The highest BCUT2D eigenvalue weighted by molar-refractivity contribution is 9.09. The van der Waals surface area contributed by atoms with Crippen LogP contribution in [0.2, 0.25) is 0 Å². The first-order valence-corrected chi connectivity index (χ1v) is 14.2. The number of ketones is 1. The Hall–Kier alpha value is -3.74. The van der Waals surface area contributed by atoms with Crippen LogP contribution in [0.25, 0.3) is 11.3 Å². The molecule has 0 saturated heterocycles. The van der Waals surface area contributed by atoms with Gasteiger partial charge < -0.3 is 9.47 Å². The van der Waals surface area contributed by atoms with Crippen molar-refractivity contribution in [3.8, 4) is 11.3 Å². The van der Waals surface area contributed by atoms with Crippen LogP contribution >= 0.6 is 44.2 Å². The molecule has 4 aromatic rings. The van der Waals surface area contributed by atoms with Gasteiger partial charge in [0.1, 0.15) is 0 Å². The molecule has 0 aliphatic rings. The van der Waals surface area contributed by atoms with E-state index in [-0.39, 0.29) is 44.7 Å². The fourth-order valence-corrected chi connectivity index (χ4v) is 4.97. The number of aromatic nitrogens is 1. The highest BCUT2D eigenvalue weighted by Crippen LogP contribution is 2.27. The summed E-state index contributed by atoms with van der Waals surface area (Å²) in [5, 5.41) is 14.2. The van der Waals surface area contributed by atoms with Crippen molar-refractivity contribution in [2.75, 3.05) is 19.5 Å². The van der Waals surface area contributed by atoms with E-state index in [9.17, 15) is 24.5 Å².